The van der Waals surface area contributed by atoms with Crippen LogP contribution in [0.15, 0.2) is 34.0 Å². The number of hydrogen-bond donors (Lipinski definition) is 1. The number of ether oxygens (including phenoxy) is 1. The van der Waals surface area contributed by atoms with Gasteiger partial charge in [0.2, 0.25) is 0 Å². The lowest BCUT2D eigenvalue weighted by atomic mass is 9.90. The fraction of sp³-hybridized carbons (Fsp3) is 0.545. The summed E-state index contributed by atoms with van der Waals surface area (Å²) in [7, 11) is 0. The largest absolute Gasteiger partial charge is 0.444 e. The second-order valence-corrected chi connectivity index (χ2v) is 14.6. The molecule has 2 atom stereocenters. The van der Waals surface area contributed by atoms with E-state index >= 15 is 4.39 Å². The minimum absolute atomic E-state index is 0.0820. The van der Waals surface area contributed by atoms with Crippen LogP contribution in [-0.4, -0.2) is 70.7 Å². The maximum absolute atomic E-state index is 15.3. The molecule has 3 aliphatic heterocycles. The summed E-state index contributed by atoms with van der Waals surface area (Å²) in [6.45, 7) is 9.39. The van der Waals surface area contributed by atoms with E-state index in [2.05, 4.69) is 10.3 Å². The fourth-order valence-corrected chi connectivity index (χ4v) is 8.29. The Balaban J connectivity index is 1.54. The number of anilines is 1. The van der Waals surface area contributed by atoms with E-state index in [0.717, 1.165) is 44.1 Å². The van der Waals surface area contributed by atoms with Crippen LogP contribution in [0.4, 0.5) is 32.6 Å². The number of nitrogens with zero attached hydrogens (tertiary/aromatic N) is 4. The number of halogens is 5. The Morgan fingerprint density at radius 2 is 1.83 bits per heavy atom. The zero-order chi connectivity index (χ0) is 33.8. The van der Waals surface area contributed by atoms with Gasteiger partial charge in [-0.3, -0.25) is 4.57 Å². The van der Waals surface area contributed by atoms with Crippen molar-refractivity contribution in [2.75, 3.05) is 43.4 Å². The highest BCUT2D eigenvalue weighted by atomic mass is 32.2. The second-order valence-electron chi connectivity index (χ2n) is 13.6. The van der Waals surface area contributed by atoms with Gasteiger partial charge in [0, 0.05) is 64.9 Å². The number of carbonyl (C=O) groups excluding carboxylic acids is 1. The number of alkyl halides is 3. The minimum Gasteiger partial charge on any atom is -0.444 e. The molecule has 0 radical (unpaired) electrons. The summed E-state index contributed by atoms with van der Waals surface area (Å²) in [5, 5.41) is 3.45. The molecular formula is C33H38F5N5O3S. The molecule has 3 aliphatic rings. The Labute approximate surface area is 273 Å². The zero-order valence-electron chi connectivity index (χ0n) is 26.7. The monoisotopic (exact) mass is 679 g/mol. The van der Waals surface area contributed by atoms with Crippen LogP contribution in [0.2, 0.25) is 0 Å². The number of benzene rings is 2. The first-order valence-electron chi connectivity index (χ1n) is 15.9. The van der Waals surface area contributed by atoms with Gasteiger partial charge in [0.1, 0.15) is 23.1 Å². The Hall–Kier alpha value is -3.39. The second kappa shape index (κ2) is 12.6. The molecular weight excluding hydrogens is 641 g/mol. The number of thioether (sulfide) groups is 1. The van der Waals surface area contributed by atoms with Crippen LogP contribution < -0.4 is 15.9 Å². The number of amides is 1. The van der Waals surface area contributed by atoms with Crippen LogP contribution in [0.5, 0.6) is 0 Å². The van der Waals surface area contributed by atoms with E-state index in [4.69, 9.17) is 4.74 Å². The van der Waals surface area contributed by atoms with Crippen LogP contribution in [0.1, 0.15) is 58.6 Å². The molecule has 254 valence electrons. The maximum atomic E-state index is 15.3. The van der Waals surface area contributed by atoms with Gasteiger partial charge in [-0.25, -0.2) is 18.4 Å². The first kappa shape index (κ1) is 33.5. The van der Waals surface area contributed by atoms with Crippen molar-refractivity contribution in [1.82, 2.24) is 19.8 Å². The van der Waals surface area contributed by atoms with Gasteiger partial charge >= 0.3 is 18.0 Å². The SMILES string of the molecule is C[C@H]1CN(C(=O)OC(C)(C)C)CCN1c1nc(=O)n2c3c(c(-c4ccc(F)cc4F)c(C(F)(F)F)cc13)SC[C@@H]2CC1CCNCC1. The van der Waals surface area contributed by atoms with Crippen molar-refractivity contribution in [3.8, 4) is 11.1 Å². The summed E-state index contributed by atoms with van der Waals surface area (Å²) in [5.74, 6) is -1.34. The number of aromatic nitrogens is 2. The Morgan fingerprint density at radius 3 is 2.47 bits per heavy atom. The maximum Gasteiger partial charge on any atom is 0.417 e. The van der Waals surface area contributed by atoms with E-state index in [1.807, 2.05) is 6.92 Å². The van der Waals surface area contributed by atoms with Crippen LogP contribution in [0.3, 0.4) is 0 Å². The molecule has 0 saturated carbocycles. The molecule has 0 unspecified atom stereocenters. The summed E-state index contributed by atoms with van der Waals surface area (Å²) >= 11 is 1.17. The molecule has 8 nitrogen and oxygen atoms in total. The van der Waals surface area contributed by atoms with Gasteiger partial charge in [-0.05, 0) is 84.2 Å². The van der Waals surface area contributed by atoms with Crippen molar-refractivity contribution < 1.29 is 31.5 Å². The van der Waals surface area contributed by atoms with Crippen molar-refractivity contribution in [1.29, 1.82) is 0 Å². The smallest absolute Gasteiger partial charge is 0.417 e. The van der Waals surface area contributed by atoms with Crippen molar-refractivity contribution in [3.63, 3.8) is 0 Å². The summed E-state index contributed by atoms with van der Waals surface area (Å²) in [4.78, 5) is 34.7. The van der Waals surface area contributed by atoms with Gasteiger partial charge in [-0.2, -0.15) is 18.2 Å². The Bertz CT molecular complexity index is 1750. The normalized spacial score (nSPS) is 21.0. The fourth-order valence-electron chi connectivity index (χ4n) is 6.93. The van der Waals surface area contributed by atoms with Crippen LogP contribution in [0.25, 0.3) is 22.0 Å². The van der Waals surface area contributed by atoms with E-state index in [-0.39, 0.29) is 47.3 Å². The van der Waals surface area contributed by atoms with E-state index in [1.54, 1.807) is 25.7 Å². The molecule has 14 heteroatoms. The lowest BCUT2D eigenvalue weighted by Gasteiger charge is -2.41. The van der Waals surface area contributed by atoms with Crippen LogP contribution >= 0.6 is 11.8 Å². The van der Waals surface area contributed by atoms with Crippen LogP contribution in [-0.2, 0) is 10.9 Å². The lowest BCUT2D eigenvalue weighted by molar-refractivity contribution is -0.137. The summed E-state index contributed by atoms with van der Waals surface area (Å²) in [6, 6.07) is 2.71. The van der Waals surface area contributed by atoms with Gasteiger partial charge in [0.05, 0.1) is 11.1 Å². The quantitative estimate of drug-likeness (QED) is 0.303. The van der Waals surface area contributed by atoms with Crippen molar-refractivity contribution in [2.45, 2.75) is 75.7 Å². The average Bonchev–Trinajstić information content (AvgIpc) is 2.98. The summed E-state index contributed by atoms with van der Waals surface area (Å²) < 4.78 is 81.0. The van der Waals surface area contributed by atoms with E-state index in [9.17, 15) is 27.2 Å². The molecule has 1 N–H and O–H groups in total. The number of rotatable bonds is 4. The highest BCUT2D eigenvalue weighted by Gasteiger charge is 2.41. The van der Waals surface area contributed by atoms with E-state index in [0.29, 0.717) is 24.2 Å². The molecule has 47 heavy (non-hydrogen) atoms. The third-order valence-electron chi connectivity index (χ3n) is 9.05. The predicted octanol–water partition coefficient (Wildman–Crippen LogP) is 6.84. The number of piperazine rings is 1. The van der Waals surface area contributed by atoms with Crippen LogP contribution in [0, 0.1) is 17.6 Å². The van der Waals surface area contributed by atoms with E-state index in [1.165, 1.54) is 21.2 Å². The number of nitrogens with one attached hydrogen (secondary N) is 1. The molecule has 1 amide bonds. The third kappa shape index (κ3) is 6.67. The first-order valence-corrected chi connectivity index (χ1v) is 16.8. The molecule has 0 bridgehead atoms. The molecule has 0 aliphatic carbocycles. The van der Waals surface area contributed by atoms with Crippen molar-refractivity contribution >= 4 is 34.6 Å². The molecule has 2 aromatic carbocycles. The summed E-state index contributed by atoms with van der Waals surface area (Å²) in [5.41, 5.74) is -2.94. The Morgan fingerprint density at radius 1 is 1.11 bits per heavy atom. The zero-order valence-corrected chi connectivity index (χ0v) is 27.5. The number of hydrogen-bond acceptors (Lipinski definition) is 7. The lowest BCUT2D eigenvalue weighted by Crippen LogP contribution is -2.55. The first-order chi connectivity index (χ1) is 22.1. The number of carbonyl (C=O) groups is 1. The van der Waals surface area contributed by atoms with Gasteiger partial charge in [0.25, 0.3) is 0 Å². The molecule has 6 rings (SSSR count). The van der Waals surface area contributed by atoms with E-state index < -0.39 is 57.9 Å². The molecule has 2 saturated heterocycles. The van der Waals surface area contributed by atoms with Gasteiger partial charge in [0.15, 0.2) is 0 Å². The molecule has 4 heterocycles. The topological polar surface area (TPSA) is 79.7 Å². The number of piperidine rings is 1. The van der Waals surface area contributed by atoms with Crippen molar-refractivity contribution in [3.05, 3.63) is 51.9 Å². The minimum atomic E-state index is -4.91. The summed E-state index contributed by atoms with van der Waals surface area (Å²) in [6.07, 6.45) is -2.94. The molecule has 1 aromatic heterocycles. The van der Waals surface area contributed by atoms with Gasteiger partial charge in [-0.15, -0.1) is 11.8 Å². The molecule has 2 fully saturated rings. The highest BCUT2D eigenvalue weighted by Crippen LogP contribution is 2.51. The highest BCUT2D eigenvalue weighted by molar-refractivity contribution is 7.99. The molecule has 3 aromatic rings. The molecule has 0 spiro atoms. The predicted molar refractivity (Wildman–Crippen MR) is 171 cm³/mol. The average molecular weight is 680 g/mol. The third-order valence-corrected chi connectivity index (χ3v) is 10.3. The van der Waals surface area contributed by atoms with Crippen molar-refractivity contribution in [2.24, 2.45) is 5.92 Å². The van der Waals surface area contributed by atoms with Gasteiger partial charge < -0.3 is 19.9 Å². The van der Waals surface area contributed by atoms with Gasteiger partial charge in [-0.1, -0.05) is 0 Å². The Kier molecular flexibility index (Phi) is 8.96. The standard InChI is InChI=1S/C33H38F5N5O3S/c1-18-16-41(31(45)46-32(2,3)4)11-12-42(18)29-23-15-24(33(36,37)38)26(22-6-5-20(34)14-25(22)35)28-27(23)43(30(44)40-29)21(17-47-28)13-19-7-9-39-10-8-19/h5-6,14-15,18-19,21,39H,7-13,16-17H2,1-4H3/t18-,21-/m0/s1.